The standard InChI is InChI=1S/C13H25N3/c1-5-14-13-15-12(4)10-16(13)9-7-6-8-11(2)3/h10-11H,5-9H2,1-4H3,(H,14,15). The molecule has 1 rings (SSSR count). The summed E-state index contributed by atoms with van der Waals surface area (Å²) in [5, 5.41) is 3.30. The lowest BCUT2D eigenvalue weighted by molar-refractivity contribution is 0.510. The Labute approximate surface area is 99.3 Å². The van der Waals surface area contributed by atoms with Crippen LogP contribution < -0.4 is 5.32 Å². The van der Waals surface area contributed by atoms with Gasteiger partial charge in [-0.2, -0.15) is 0 Å². The number of hydrogen-bond donors (Lipinski definition) is 1. The Morgan fingerprint density at radius 1 is 1.38 bits per heavy atom. The molecule has 0 aliphatic carbocycles. The van der Waals surface area contributed by atoms with Crippen LogP contribution in [-0.2, 0) is 6.54 Å². The Hall–Kier alpha value is -0.990. The molecular formula is C13H25N3. The highest BCUT2D eigenvalue weighted by molar-refractivity contribution is 5.28. The molecule has 0 aromatic carbocycles. The van der Waals surface area contributed by atoms with E-state index in [4.69, 9.17) is 0 Å². The second-order valence-corrected chi connectivity index (χ2v) is 4.82. The van der Waals surface area contributed by atoms with Crippen molar-refractivity contribution < 1.29 is 0 Å². The van der Waals surface area contributed by atoms with Gasteiger partial charge in [0, 0.05) is 19.3 Å². The van der Waals surface area contributed by atoms with Gasteiger partial charge in [-0.25, -0.2) is 4.98 Å². The van der Waals surface area contributed by atoms with Crippen LogP contribution >= 0.6 is 0 Å². The fourth-order valence-corrected chi connectivity index (χ4v) is 1.85. The second kappa shape index (κ2) is 6.56. The fourth-order valence-electron chi connectivity index (χ4n) is 1.85. The zero-order chi connectivity index (χ0) is 12.0. The van der Waals surface area contributed by atoms with E-state index < -0.39 is 0 Å². The summed E-state index contributed by atoms with van der Waals surface area (Å²) in [5.74, 6) is 1.84. The smallest absolute Gasteiger partial charge is 0.203 e. The molecule has 0 aliphatic heterocycles. The summed E-state index contributed by atoms with van der Waals surface area (Å²) in [5.41, 5.74) is 1.10. The van der Waals surface area contributed by atoms with E-state index in [0.29, 0.717) is 0 Å². The summed E-state index contributed by atoms with van der Waals surface area (Å²) >= 11 is 0. The number of nitrogens with one attached hydrogen (secondary N) is 1. The molecule has 0 amide bonds. The summed E-state index contributed by atoms with van der Waals surface area (Å²) in [4.78, 5) is 4.47. The third-order valence-electron chi connectivity index (χ3n) is 2.66. The van der Waals surface area contributed by atoms with Crippen molar-refractivity contribution in [2.75, 3.05) is 11.9 Å². The minimum absolute atomic E-state index is 0.817. The molecule has 1 N–H and O–H groups in total. The minimum atomic E-state index is 0.817. The van der Waals surface area contributed by atoms with Crippen molar-refractivity contribution in [3.8, 4) is 0 Å². The lowest BCUT2D eigenvalue weighted by Gasteiger charge is -2.08. The van der Waals surface area contributed by atoms with Gasteiger partial charge in [-0.05, 0) is 26.2 Å². The minimum Gasteiger partial charge on any atom is -0.356 e. The number of aromatic nitrogens is 2. The van der Waals surface area contributed by atoms with Crippen LogP contribution in [0.3, 0.4) is 0 Å². The van der Waals surface area contributed by atoms with E-state index in [2.05, 4.69) is 41.8 Å². The Bertz CT molecular complexity index is 302. The number of unbranched alkanes of at least 4 members (excludes halogenated alkanes) is 1. The van der Waals surface area contributed by atoms with E-state index in [1.165, 1.54) is 19.3 Å². The summed E-state index contributed by atoms with van der Waals surface area (Å²) < 4.78 is 2.24. The van der Waals surface area contributed by atoms with Gasteiger partial charge in [0.2, 0.25) is 5.95 Å². The molecule has 0 aliphatic rings. The molecule has 0 saturated carbocycles. The number of hydrogen-bond acceptors (Lipinski definition) is 2. The predicted molar refractivity (Wildman–Crippen MR) is 69.8 cm³/mol. The molecule has 0 bridgehead atoms. The normalized spacial score (nSPS) is 11.1. The van der Waals surface area contributed by atoms with Crippen molar-refractivity contribution >= 4 is 5.95 Å². The van der Waals surface area contributed by atoms with Crippen LogP contribution in [0.4, 0.5) is 5.95 Å². The molecule has 92 valence electrons. The highest BCUT2D eigenvalue weighted by Gasteiger charge is 2.03. The van der Waals surface area contributed by atoms with E-state index in [1.54, 1.807) is 0 Å². The first-order valence-corrected chi connectivity index (χ1v) is 6.41. The molecule has 1 aromatic heterocycles. The van der Waals surface area contributed by atoms with Gasteiger partial charge >= 0.3 is 0 Å². The summed E-state index contributed by atoms with van der Waals surface area (Å²) in [6.07, 6.45) is 6.00. The Morgan fingerprint density at radius 3 is 2.75 bits per heavy atom. The van der Waals surface area contributed by atoms with Crippen LogP contribution in [0.15, 0.2) is 6.20 Å². The Kier molecular flexibility index (Phi) is 5.36. The largest absolute Gasteiger partial charge is 0.356 e. The van der Waals surface area contributed by atoms with Crippen LogP contribution in [-0.4, -0.2) is 16.1 Å². The maximum Gasteiger partial charge on any atom is 0.203 e. The zero-order valence-corrected chi connectivity index (χ0v) is 11.1. The van der Waals surface area contributed by atoms with Crippen LogP contribution in [0.5, 0.6) is 0 Å². The van der Waals surface area contributed by atoms with Crippen LogP contribution in [0.2, 0.25) is 0 Å². The molecular weight excluding hydrogens is 198 g/mol. The topological polar surface area (TPSA) is 29.9 Å². The van der Waals surface area contributed by atoms with Crippen LogP contribution in [0.25, 0.3) is 0 Å². The van der Waals surface area contributed by atoms with Crippen LogP contribution in [0, 0.1) is 12.8 Å². The van der Waals surface area contributed by atoms with Crippen molar-refractivity contribution in [3.05, 3.63) is 11.9 Å². The van der Waals surface area contributed by atoms with Crippen molar-refractivity contribution in [3.63, 3.8) is 0 Å². The average Bonchev–Trinajstić information content (AvgIpc) is 2.54. The number of anilines is 1. The monoisotopic (exact) mass is 223 g/mol. The third kappa shape index (κ3) is 4.25. The van der Waals surface area contributed by atoms with E-state index in [9.17, 15) is 0 Å². The predicted octanol–water partition coefficient (Wildman–Crippen LogP) is 3.45. The number of imidazole rings is 1. The highest BCUT2D eigenvalue weighted by Crippen LogP contribution is 2.12. The van der Waals surface area contributed by atoms with Gasteiger partial charge in [0.1, 0.15) is 0 Å². The molecule has 0 fully saturated rings. The second-order valence-electron chi connectivity index (χ2n) is 4.82. The van der Waals surface area contributed by atoms with Crippen molar-refractivity contribution in [2.45, 2.75) is 53.5 Å². The number of aryl methyl sites for hydroxylation is 2. The molecule has 16 heavy (non-hydrogen) atoms. The number of nitrogens with zero attached hydrogens (tertiary/aromatic N) is 2. The summed E-state index contributed by atoms with van der Waals surface area (Å²) in [7, 11) is 0. The van der Waals surface area contributed by atoms with Gasteiger partial charge in [0.25, 0.3) is 0 Å². The maximum absolute atomic E-state index is 4.47. The molecule has 1 heterocycles. The SMILES string of the molecule is CCNc1nc(C)cn1CCCCC(C)C. The Balaban J connectivity index is 2.40. The highest BCUT2D eigenvalue weighted by atomic mass is 15.2. The summed E-state index contributed by atoms with van der Waals surface area (Å²) in [6, 6.07) is 0. The van der Waals surface area contributed by atoms with Gasteiger partial charge in [0.15, 0.2) is 0 Å². The fraction of sp³-hybridized carbons (Fsp3) is 0.769. The molecule has 0 radical (unpaired) electrons. The van der Waals surface area contributed by atoms with Gasteiger partial charge in [0.05, 0.1) is 5.69 Å². The zero-order valence-electron chi connectivity index (χ0n) is 11.1. The van der Waals surface area contributed by atoms with Gasteiger partial charge in [-0.1, -0.05) is 26.7 Å². The molecule has 3 nitrogen and oxygen atoms in total. The van der Waals surface area contributed by atoms with E-state index in [1.807, 2.05) is 6.92 Å². The lowest BCUT2D eigenvalue weighted by Crippen LogP contribution is -2.06. The quantitative estimate of drug-likeness (QED) is 0.717. The molecule has 3 heteroatoms. The van der Waals surface area contributed by atoms with E-state index in [0.717, 1.165) is 30.6 Å². The Morgan fingerprint density at radius 2 is 2.12 bits per heavy atom. The van der Waals surface area contributed by atoms with Gasteiger partial charge < -0.3 is 9.88 Å². The average molecular weight is 223 g/mol. The van der Waals surface area contributed by atoms with E-state index in [-0.39, 0.29) is 0 Å². The number of rotatable bonds is 7. The van der Waals surface area contributed by atoms with Crippen LogP contribution in [0.1, 0.15) is 45.7 Å². The van der Waals surface area contributed by atoms with Crippen molar-refractivity contribution in [1.82, 2.24) is 9.55 Å². The third-order valence-corrected chi connectivity index (χ3v) is 2.66. The first kappa shape index (κ1) is 13.1. The van der Waals surface area contributed by atoms with E-state index >= 15 is 0 Å². The van der Waals surface area contributed by atoms with Crippen molar-refractivity contribution in [1.29, 1.82) is 0 Å². The van der Waals surface area contributed by atoms with Gasteiger partial charge in [-0.15, -0.1) is 0 Å². The first-order chi connectivity index (χ1) is 7.63. The molecule has 0 spiro atoms. The maximum atomic E-state index is 4.47. The van der Waals surface area contributed by atoms with Gasteiger partial charge in [-0.3, -0.25) is 0 Å². The first-order valence-electron chi connectivity index (χ1n) is 6.41. The molecule has 0 atom stereocenters. The molecule has 0 unspecified atom stereocenters. The molecule has 1 aromatic rings. The summed E-state index contributed by atoms with van der Waals surface area (Å²) in [6.45, 7) is 10.7. The molecule has 0 saturated heterocycles. The van der Waals surface area contributed by atoms with Crippen molar-refractivity contribution in [2.24, 2.45) is 5.92 Å². The lowest BCUT2D eigenvalue weighted by atomic mass is 10.1.